The van der Waals surface area contributed by atoms with E-state index < -0.39 is 0 Å². The molecule has 0 fully saturated rings. The van der Waals surface area contributed by atoms with Crippen molar-refractivity contribution in [3.05, 3.63) is 59.5 Å². The van der Waals surface area contributed by atoms with Gasteiger partial charge in [0.2, 0.25) is 5.89 Å². The van der Waals surface area contributed by atoms with Gasteiger partial charge in [-0.25, -0.2) is 0 Å². The molecule has 1 aromatic heterocycles. The summed E-state index contributed by atoms with van der Waals surface area (Å²) < 4.78 is 21.3. The molecule has 0 aliphatic rings. The summed E-state index contributed by atoms with van der Waals surface area (Å²) >= 11 is 1.21. The molecule has 7 nitrogen and oxygen atoms in total. The average Bonchev–Trinajstić information content (AvgIpc) is 3.19. The van der Waals surface area contributed by atoms with Crippen molar-refractivity contribution >= 4 is 17.5 Å². The Morgan fingerprint density at radius 3 is 2.39 bits per heavy atom. The van der Waals surface area contributed by atoms with Crippen LogP contribution in [-0.2, 0) is 6.42 Å². The van der Waals surface area contributed by atoms with E-state index in [0.29, 0.717) is 40.3 Å². The number of ether oxygens (including phenoxy) is 3. The maximum atomic E-state index is 12.3. The van der Waals surface area contributed by atoms with E-state index in [4.69, 9.17) is 18.6 Å². The van der Waals surface area contributed by atoms with Crippen molar-refractivity contribution in [2.24, 2.45) is 0 Å². The predicted octanol–water partition coefficient (Wildman–Crippen LogP) is 3.66. The molecule has 0 saturated carbocycles. The lowest BCUT2D eigenvalue weighted by molar-refractivity contribution is 0.102. The van der Waals surface area contributed by atoms with Crippen molar-refractivity contribution in [3.8, 4) is 17.2 Å². The first-order valence-corrected chi connectivity index (χ1v) is 9.45. The molecule has 0 aliphatic heterocycles. The summed E-state index contributed by atoms with van der Waals surface area (Å²) in [6.07, 6.45) is 0.459. The van der Waals surface area contributed by atoms with Crippen molar-refractivity contribution in [1.82, 2.24) is 10.2 Å². The fourth-order valence-electron chi connectivity index (χ4n) is 2.52. The fourth-order valence-corrected chi connectivity index (χ4v) is 3.20. The first-order valence-electron chi connectivity index (χ1n) is 8.46. The second-order valence-electron chi connectivity index (χ2n) is 5.77. The van der Waals surface area contributed by atoms with Crippen LogP contribution in [0.4, 0.5) is 0 Å². The van der Waals surface area contributed by atoms with Gasteiger partial charge in [-0.15, -0.1) is 10.2 Å². The summed E-state index contributed by atoms with van der Waals surface area (Å²) in [6, 6.07) is 12.6. The standard InChI is InChI=1S/C20H20N2O5S/c1-24-15-7-5-14(6-8-15)16(23)12-28-20-22-21-19(27-20)11-13-4-9-17(25-2)18(10-13)26-3/h4-10H,11-12H2,1-3H3. The molecule has 2 aromatic carbocycles. The minimum atomic E-state index is -0.0210. The highest BCUT2D eigenvalue weighted by molar-refractivity contribution is 7.99. The molecule has 28 heavy (non-hydrogen) atoms. The van der Waals surface area contributed by atoms with Crippen molar-refractivity contribution < 1.29 is 23.4 Å². The van der Waals surface area contributed by atoms with Gasteiger partial charge in [0, 0.05) is 5.56 Å². The van der Waals surface area contributed by atoms with Crippen LogP contribution in [0.1, 0.15) is 21.8 Å². The minimum absolute atomic E-state index is 0.0210. The van der Waals surface area contributed by atoms with Gasteiger partial charge in [-0.05, 0) is 42.0 Å². The normalized spacial score (nSPS) is 10.5. The van der Waals surface area contributed by atoms with Gasteiger partial charge in [0.05, 0.1) is 33.5 Å². The van der Waals surface area contributed by atoms with E-state index in [1.807, 2.05) is 18.2 Å². The lowest BCUT2D eigenvalue weighted by Crippen LogP contribution is -2.02. The molecular weight excluding hydrogens is 380 g/mol. The van der Waals surface area contributed by atoms with Crippen molar-refractivity contribution in [2.45, 2.75) is 11.6 Å². The third kappa shape index (κ3) is 4.83. The van der Waals surface area contributed by atoms with E-state index in [0.717, 1.165) is 5.56 Å². The SMILES string of the molecule is COc1ccc(C(=O)CSc2nnc(Cc3ccc(OC)c(OC)c3)o2)cc1. The van der Waals surface area contributed by atoms with Crippen LogP contribution >= 0.6 is 11.8 Å². The molecule has 0 bridgehead atoms. The molecule has 0 aliphatic carbocycles. The van der Waals surface area contributed by atoms with E-state index in [2.05, 4.69) is 10.2 Å². The maximum Gasteiger partial charge on any atom is 0.277 e. The van der Waals surface area contributed by atoms with Crippen molar-refractivity contribution in [3.63, 3.8) is 0 Å². The number of rotatable bonds is 9. The van der Waals surface area contributed by atoms with Gasteiger partial charge in [-0.3, -0.25) is 4.79 Å². The zero-order valence-corrected chi connectivity index (χ0v) is 16.6. The summed E-state index contributed by atoms with van der Waals surface area (Å²) in [5.41, 5.74) is 1.56. The van der Waals surface area contributed by atoms with E-state index >= 15 is 0 Å². The highest BCUT2D eigenvalue weighted by Crippen LogP contribution is 2.28. The molecule has 0 spiro atoms. The van der Waals surface area contributed by atoms with E-state index in [1.54, 1.807) is 45.6 Å². The smallest absolute Gasteiger partial charge is 0.277 e. The number of ketones is 1. The largest absolute Gasteiger partial charge is 0.497 e. The van der Waals surface area contributed by atoms with Gasteiger partial charge in [-0.1, -0.05) is 17.8 Å². The van der Waals surface area contributed by atoms with E-state index in [9.17, 15) is 4.79 Å². The van der Waals surface area contributed by atoms with Crippen LogP contribution in [0.15, 0.2) is 52.1 Å². The number of carbonyl (C=O) groups excluding carboxylic acids is 1. The Hall–Kier alpha value is -3.00. The third-order valence-electron chi connectivity index (χ3n) is 3.99. The lowest BCUT2D eigenvalue weighted by atomic mass is 10.1. The van der Waals surface area contributed by atoms with Gasteiger partial charge in [0.25, 0.3) is 5.22 Å². The molecule has 0 amide bonds. The molecule has 0 atom stereocenters. The molecule has 0 unspecified atom stereocenters. The van der Waals surface area contributed by atoms with Crippen LogP contribution < -0.4 is 14.2 Å². The monoisotopic (exact) mass is 400 g/mol. The van der Waals surface area contributed by atoms with Gasteiger partial charge in [-0.2, -0.15) is 0 Å². The Labute approximate surface area is 167 Å². The number of aromatic nitrogens is 2. The molecule has 3 aromatic rings. The van der Waals surface area contributed by atoms with Crippen LogP contribution in [0.3, 0.4) is 0 Å². The summed E-state index contributed by atoms with van der Waals surface area (Å²) in [5, 5.41) is 8.40. The quantitative estimate of drug-likeness (QED) is 0.397. The number of thioether (sulfide) groups is 1. The van der Waals surface area contributed by atoms with Crippen LogP contribution in [0, 0.1) is 0 Å². The third-order valence-corrected chi connectivity index (χ3v) is 4.81. The fraction of sp³-hybridized carbons (Fsp3) is 0.250. The molecule has 146 valence electrons. The highest BCUT2D eigenvalue weighted by atomic mass is 32.2. The zero-order chi connectivity index (χ0) is 19.9. The summed E-state index contributed by atoms with van der Waals surface area (Å²) in [6.45, 7) is 0. The van der Waals surface area contributed by atoms with E-state index in [-0.39, 0.29) is 11.5 Å². The number of hydrogen-bond acceptors (Lipinski definition) is 8. The highest BCUT2D eigenvalue weighted by Gasteiger charge is 2.13. The minimum Gasteiger partial charge on any atom is -0.497 e. The Morgan fingerprint density at radius 2 is 1.71 bits per heavy atom. The Kier molecular flexibility index (Phi) is 6.54. The van der Waals surface area contributed by atoms with Crippen LogP contribution in [0.5, 0.6) is 17.2 Å². The maximum absolute atomic E-state index is 12.3. The first kappa shape index (κ1) is 19.8. The second-order valence-corrected chi connectivity index (χ2v) is 6.69. The van der Waals surface area contributed by atoms with Gasteiger partial charge in [0.1, 0.15) is 5.75 Å². The molecular formula is C20H20N2O5S. The second kappa shape index (κ2) is 9.27. The Morgan fingerprint density at radius 1 is 0.964 bits per heavy atom. The van der Waals surface area contributed by atoms with Gasteiger partial charge in [0.15, 0.2) is 17.3 Å². The van der Waals surface area contributed by atoms with Gasteiger partial charge >= 0.3 is 0 Å². The molecule has 3 rings (SSSR count). The molecule has 0 N–H and O–H groups in total. The number of nitrogens with zero attached hydrogens (tertiary/aromatic N) is 2. The van der Waals surface area contributed by atoms with Crippen LogP contribution in [-0.4, -0.2) is 43.1 Å². The van der Waals surface area contributed by atoms with Crippen molar-refractivity contribution in [2.75, 3.05) is 27.1 Å². The number of hydrogen-bond donors (Lipinski definition) is 0. The number of benzene rings is 2. The number of methoxy groups -OCH3 is 3. The van der Waals surface area contributed by atoms with Crippen molar-refractivity contribution in [1.29, 1.82) is 0 Å². The first-order chi connectivity index (χ1) is 13.6. The molecule has 1 heterocycles. The Balaban J connectivity index is 1.58. The lowest BCUT2D eigenvalue weighted by Gasteiger charge is -2.08. The average molecular weight is 400 g/mol. The number of carbonyl (C=O) groups is 1. The molecule has 0 saturated heterocycles. The Bertz CT molecular complexity index is 940. The zero-order valence-electron chi connectivity index (χ0n) is 15.8. The number of Topliss-reactive ketones (excluding diaryl/α,β-unsaturated/α-hetero) is 1. The predicted molar refractivity (Wildman–Crippen MR) is 105 cm³/mol. The van der Waals surface area contributed by atoms with Gasteiger partial charge < -0.3 is 18.6 Å². The summed E-state index contributed by atoms with van der Waals surface area (Å²) in [5.74, 6) is 2.66. The van der Waals surface area contributed by atoms with Crippen LogP contribution in [0.25, 0.3) is 0 Å². The topological polar surface area (TPSA) is 83.7 Å². The van der Waals surface area contributed by atoms with E-state index in [1.165, 1.54) is 11.8 Å². The van der Waals surface area contributed by atoms with Crippen LogP contribution in [0.2, 0.25) is 0 Å². The molecule has 0 radical (unpaired) electrons. The summed E-state index contributed by atoms with van der Waals surface area (Å²) in [4.78, 5) is 12.3. The summed E-state index contributed by atoms with van der Waals surface area (Å²) in [7, 11) is 4.76. The molecule has 8 heteroatoms.